The number of aromatic nitrogens is 2. The topological polar surface area (TPSA) is 137 Å². The summed E-state index contributed by atoms with van der Waals surface area (Å²) in [5.74, 6) is 1.34. The molecule has 1 N–H and O–H groups in total. The molecule has 13 heteroatoms. The van der Waals surface area contributed by atoms with Crippen molar-refractivity contribution in [2.75, 3.05) is 20.8 Å². The summed E-state index contributed by atoms with van der Waals surface area (Å²) in [7, 11) is 1.48. The van der Waals surface area contributed by atoms with Gasteiger partial charge >= 0.3 is 5.69 Å². The van der Waals surface area contributed by atoms with E-state index in [1.54, 1.807) is 21.1 Å². The van der Waals surface area contributed by atoms with Gasteiger partial charge in [0.05, 0.1) is 39.9 Å². The van der Waals surface area contributed by atoms with Crippen LogP contribution >= 0.6 is 8.53 Å². The molecule has 3 aromatic carbocycles. The Morgan fingerprint density at radius 3 is 2.06 bits per heavy atom. The molecule has 0 radical (unpaired) electrons. The minimum Gasteiger partial charge on any atom is -0.497 e. The highest BCUT2D eigenvalue weighted by atomic mass is 31.2. The summed E-state index contributed by atoms with van der Waals surface area (Å²) < 4.78 is 42.0. The molecule has 1 fully saturated rings. The van der Waals surface area contributed by atoms with E-state index in [1.807, 2.05) is 78.9 Å². The fourth-order valence-electron chi connectivity index (χ4n) is 6.67. The van der Waals surface area contributed by atoms with Crippen molar-refractivity contribution in [3.05, 3.63) is 128 Å². The van der Waals surface area contributed by atoms with Crippen LogP contribution in [-0.4, -0.2) is 59.3 Å². The van der Waals surface area contributed by atoms with Crippen LogP contribution in [0.25, 0.3) is 0 Å². The number of ether oxygens (including phenoxy) is 4. The number of hydrogen-bond acceptors (Lipinski definition) is 10. The Hall–Kier alpha value is -4.34. The molecule has 5 rings (SSSR count). The fraction of sp³-hybridized carbons (Fsp3) is 0.425. The Morgan fingerprint density at radius 1 is 0.943 bits per heavy atom. The third-order valence-corrected chi connectivity index (χ3v) is 11.3. The van der Waals surface area contributed by atoms with Gasteiger partial charge in [-0.1, -0.05) is 54.6 Å². The minimum absolute atomic E-state index is 0.0321. The average molecular weight is 745 g/mol. The normalized spacial score (nSPS) is 18.0. The Morgan fingerprint density at radius 2 is 1.53 bits per heavy atom. The summed E-state index contributed by atoms with van der Waals surface area (Å²) in [6.07, 6.45) is -0.558. The van der Waals surface area contributed by atoms with Gasteiger partial charge < -0.3 is 28.0 Å². The monoisotopic (exact) mass is 744 g/mol. The predicted octanol–water partition coefficient (Wildman–Crippen LogP) is 6.97. The zero-order valence-corrected chi connectivity index (χ0v) is 32.2. The highest BCUT2D eigenvalue weighted by Crippen LogP contribution is 2.53. The standard InChI is InChI=1S/C40H49N4O8P/c1-27(2)44(28(3)4)53(50-23-11-22-41)52-35-24-36(51-38(35)43-25-29(5)37(45)42-39(43)46)40(31-14-18-33(47-6)19-15-31,32-16-20-34(48-7)21-17-32)49-26-30-12-9-8-10-13-30/h8-10,12-21,25,27-28,35-36,38H,11,23-24,26H2,1-7H3,(H,42,45,46)/t35-,36+,38-,53?/m1/s1. The Labute approximate surface area is 312 Å². The first-order chi connectivity index (χ1) is 25.5. The quantitative estimate of drug-likeness (QED) is 0.0892. The predicted molar refractivity (Wildman–Crippen MR) is 203 cm³/mol. The van der Waals surface area contributed by atoms with Crippen molar-refractivity contribution in [2.24, 2.45) is 0 Å². The maximum atomic E-state index is 13.6. The fourth-order valence-corrected chi connectivity index (χ4v) is 8.40. The molecule has 1 unspecified atom stereocenters. The molecule has 4 aromatic rings. The van der Waals surface area contributed by atoms with Crippen LogP contribution in [0.2, 0.25) is 0 Å². The van der Waals surface area contributed by atoms with Crippen molar-refractivity contribution in [3.8, 4) is 17.6 Å². The number of methoxy groups -OCH3 is 2. The van der Waals surface area contributed by atoms with Crippen molar-refractivity contribution in [3.63, 3.8) is 0 Å². The number of nitrogens with zero attached hydrogens (tertiary/aromatic N) is 3. The molecule has 4 atom stereocenters. The van der Waals surface area contributed by atoms with Crippen LogP contribution in [0.3, 0.4) is 0 Å². The van der Waals surface area contributed by atoms with Gasteiger partial charge in [-0.15, -0.1) is 0 Å². The van der Waals surface area contributed by atoms with E-state index in [0.717, 1.165) is 16.7 Å². The van der Waals surface area contributed by atoms with E-state index in [9.17, 15) is 14.9 Å². The molecule has 0 saturated carbocycles. The number of H-pyrrole nitrogens is 1. The lowest BCUT2D eigenvalue weighted by molar-refractivity contribution is -0.146. The third-order valence-electron chi connectivity index (χ3n) is 9.18. The van der Waals surface area contributed by atoms with Crippen molar-refractivity contribution in [1.29, 1.82) is 5.26 Å². The molecule has 12 nitrogen and oxygen atoms in total. The number of aromatic amines is 1. The van der Waals surface area contributed by atoms with Crippen LogP contribution in [0, 0.1) is 18.3 Å². The molecule has 1 aromatic heterocycles. The highest BCUT2D eigenvalue weighted by molar-refractivity contribution is 7.44. The molecule has 282 valence electrons. The molecular formula is C40H49N4O8P. The van der Waals surface area contributed by atoms with Gasteiger partial charge in [-0.25, -0.2) is 9.46 Å². The van der Waals surface area contributed by atoms with Gasteiger partial charge in [0.25, 0.3) is 14.1 Å². The van der Waals surface area contributed by atoms with Crippen molar-refractivity contribution >= 4 is 8.53 Å². The van der Waals surface area contributed by atoms with Crippen molar-refractivity contribution in [1.82, 2.24) is 14.2 Å². The number of nitrogens with one attached hydrogen (secondary N) is 1. The van der Waals surface area contributed by atoms with Gasteiger partial charge in [-0.3, -0.25) is 14.3 Å². The van der Waals surface area contributed by atoms with Crippen LogP contribution in [-0.2, 0) is 30.7 Å². The molecule has 1 aliphatic rings. The molecule has 1 saturated heterocycles. The second-order valence-corrected chi connectivity index (χ2v) is 14.8. The first-order valence-corrected chi connectivity index (χ1v) is 18.8. The number of hydrogen-bond donors (Lipinski definition) is 1. The van der Waals surface area contributed by atoms with Crippen molar-refractivity contribution < 1.29 is 28.0 Å². The molecular weight excluding hydrogens is 695 g/mol. The number of aryl methyl sites for hydroxylation is 1. The van der Waals surface area contributed by atoms with Gasteiger partial charge in [-0.05, 0) is 75.6 Å². The lowest BCUT2D eigenvalue weighted by Gasteiger charge is -2.40. The molecule has 0 aliphatic carbocycles. The Kier molecular flexibility index (Phi) is 13.6. The van der Waals surface area contributed by atoms with Crippen LogP contribution in [0.5, 0.6) is 11.5 Å². The summed E-state index contributed by atoms with van der Waals surface area (Å²) in [4.78, 5) is 28.5. The SMILES string of the molecule is COc1ccc(C(OCc2ccccc2)(c2ccc(OC)cc2)[C@@H]2C[C@@H](OP(OCCC#N)N(C(C)C)C(C)C)[C@H](n3cc(C)c(=O)[nH]c3=O)O2)cc1. The summed E-state index contributed by atoms with van der Waals surface area (Å²) in [5, 5.41) is 9.34. The van der Waals surface area contributed by atoms with E-state index in [-0.39, 0.29) is 38.1 Å². The second-order valence-electron chi connectivity index (χ2n) is 13.4. The van der Waals surface area contributed by atoms with E-state index >= 15 is 0 Å². The largest absolute Gasteiger partial charge is 0.497 e. The van der Waals surface area contributed by atoms with Gasteiger partial charge in [0.1, 0.15) is 29.3 Å². The lowest BCUT2D eigenvalue weighted by Crippen LogP contribution is -2.44. The molecule has 0 spiro atoms. The Bertz CT molecular complexity index is 1870. The molecule has 1 aliphatic heterocycles. The van der Waals surface area contributed by atoms with E-state index in [1.165, 1.54) is 10.8 Å². The van der Waals surface area contributed by atoms with Crippen LogP contribution in [0.1, 0.15) is 69.0 Å². The van der Waals surface area contributed by atoms with E-state index in [0.29, 0.717) is 17.1 Å². The average Bonchev–Trinajstić information content (AvgIpc) is 3.57. The first kappa shape index (κ1) is 39.9. The number of benzene rings is 3. The molecule has 0 bridgehead atoms. The second kappa shape index (κ2) is 18.1. The third kappa shape index (κ3) is 9.07. The van der Waals surface area contributed by atoms with E-state index in [2.05, 4.69) is 43.4 Å². The maximum Gasteiger partial charge on any atom is 0.330 e. The summed E-state index contributed by atoms with van der Waals surface area (Å²) in [5.41, 5.74) is 0.483. The van der Waals surface area contributed by atoms with E-state index < -0.39 is 43.8 Å². The summed E-state index contributed by atoms with van der Waals surface area (Å²) in [6.45, 7) is 10.3. The van der Waals surface area contributed by atoms with Gasteiger partial charge in [0, 0.05) is 30.3 Å². The van der Waals surface area contributed by atoms with Crippen LogP contribution in [0.15, 0.2) is 94.6 Å². The van der Waals surface area contributed by atoms with Gasteiger partial charge in [0.15, 0.2) is 6.23 Å². The van der Waals surface area contributed by atoms with Crippen LogP contribution in [0.4, 0.5) is 0 Å². The minimum atomic E-state index is -1.75. The van der Waals surface area contributed by atoms with Crippen LogP contribution < -0.4 is 20.7 Å². The van der Waals surface area contributed by atoms with Gasteiger partial charge in [0.2, 0.25) is 0 Å². The van der Waals surface area contributed by atoms with Crippen molar-refractivity contribution in [2.45, 2.75) is 90.2 Å². The molecule has 53 heavy (non-hydrogen) atoms. The summed E-state index contributed by atoms with van der Waals surface area (Å²) in [6, 6.07) is 27.4. The Balaban J connectivity index is 1.70. The number of nitriles is 1. The highest BCUT2D eigenvalue weighted by Gasteiger charge is 2.53. The zero-order valence-electron chi connectivity index (χ0n) is 31.4. The van der Waals surface area contributed by atoms with Gasteiger partial charge in [-0.2, -0.15) is 5.26 Å². The smallest absolute Gasteiger partial charge is 0.330 e. The molecule has 0 amide bonds. The lowest BCUT2D eigenvalue weighted by atomic mass is 9.79. The van der Waals surface area contributed by atoms with E-state index in [4.69, 9.17) is 28.0 Å². The first-order valence-electron chi connectivity index (χ1n) is 17.7. The maximum absolute atomic E-state index is 13.6. The molecule has 2 heterocycles. The number of rotatable bonds is 17. The summed E-state index contributed by atoms with van der Waals surface area (Å²) >= 11 is 0. The zero-order chi connectivity index (χ0) is 38.1.